The Morgan fingerprint density at radius 1 is 1.44 bits per heavy atom. The summed E-state index contributed by atoms with van der Waals surface area (Å²) < 4.78 is 22.4. The van der Waals surface area contributed by atoms with Crippen LogP contribution in [0, 0.1) is 0 Å². The molecular formula is C11H17N3O2S2. The van der Waals surface area contributed by atoms with Gasteiger partial charge in [0.15, 0.2) is 5.11 Å². The quantitative estimate of drug-likeness (QED) is 0.563. The Morgan fingerprint density at radius 2 is 2.17 bits per heavy atom. The first-order valence-electron chi connectivity index (χ1n) is 5.61. The number of benzene rings is 1. The largest absolute Gasteiger partial charge is 0.362 e. The Hall–Kier alpha value is -1.18. The molecule has 1 rings (SSSR count). The van der Waals surface area contributed by atoms with Crippen LogP contribution in [-0.2, 0) is 10.0 Å². The molecule has 0 amide bonds. The Kier molecular flexibility index (Phi) is 5.52. The second-order valence-corrected chi connectivity index (χ2v) is 5.78. The summed E-state index contributed by atoms with van der Waals surface area (Å²) in [5, 5.41) is 11.5. The molecule has 0 atom stereocenters. The summed E-state index contributed by atoms with van der Waals surface area (Å²) in [4.78, 5) is 0.0591. The number of unbranched alkanes of at least 4 members (excludes halogenated alkanes) is 1. The van der Waals surface area contributed by atoms with Crippen LogP contribution in [0.3, 0.4) is 0 Å². The highest BCUT2D eigenvalue weighted by Crippen LogP contribution is 2.13. The summed E-state index contributed by atoms with van der Waals surface area (Å²) >= 11 is 5.08. The minimum Gasteiger partial charge on any atom is -0.362 e. The van der Waals surface area contributed by atoms with Crippen molar-refractivity contribution in [2.75, 3.05) is 11.9 Å². The summed E-state index contributed by atoms with van der Waals surface area (Å²) in [6, 6.07) is 6.22. The molecule has 0 fully saturated rings. The first-order chi connectivity index (χ1) is 8.43. The van der Waals surface area contributed by atoms with Crippen LogP contribution >= 0.6 is 12.2 Å². The van der Waals surface area contributed by atoms with Crippen LogP contribution in [0.1, 0.15) is 19.8 Å². The minimum absolute atomic E-state index is 0.0591. The predicted molar refractivity (Wildman–Crippen MR) is 76.9 cm³/mol. The molecule has 100 valence electrons. The van der Waals surface area contributed by atoms with Crippen molar-refractivity contribution in [3.8, 4) is 0 Å². The standard InChI is InChI=1S/C11H17N3O2S2/c1-2-3-7-13-11(17)14-9-5-4-6-10(8-9)18(12,15)16/h4-6,8H,2-3,7H2,1H3,(H2,12,15,16)(H2,13,14,17). The molecule has 0 aromatic heterocycles. The molecule has 7 heteroatoms. The molecule has 0 aliphatic heterocycles. The maximum Gasteiger partial charge on any atom is 0.238 e. The second-order valence-electron chi connectivity index (χ2n) is 3.81. The number of nitrogens with two attached hydrogens (primary N) is 1. The fourth-order valence-electron chi connectivity index (χ4n) is 1.30. The zero-order valence-electron chi connectivity index (χ0n) is 10.1. The lowest BCUT2D eigenvalue weighted by Gasteiger charge is -2.10. The van der Waals surface area contributed by atoms with Gasteiger partial charge < -0.3 is 10.6 Å². The van der Waals surface area contributed by atoms with E-state index in [4.69, 9.17) is 17.4 Å². The fraction of sp³-hybridized carbons (Fsp3) is 0.364. The van der Waals surface area contributed by atoms with Crippen LogP contribution in [0.4, 0.5) is 5.69 Å². The Balaban J connectivity index is 2.65. The van der Waals surface area contributed by atoms with Gasteiger partial charge in [0.25, 0.3) is 0 Å². The molecule has 0 aliphatic carbocycles. The third-order valence-electron chi connectivity index (χ3n) is 2.24. The molecule has 0 unspecified atom stereocenters. The number of hydrogen-bond acceptors (Lipinski definition) is 3. The fourth-order valence-corrected chi connectivity index (χ4v) is 2.08. The van der Waals surface area contributed by atoms with Crippen molar-refractivity contribution >= 4 is 33.0 Å². The average Bonchev–Trinajstić information content (AvgIpc) is 2.28. The van der Waals surface area contributed by atoms with Crippen LogP contribution in [0.2, 0.25) is 0 Å². The molecule has 0 bridgehead atoms. The van der Waals surface area contributed by atoms with Crippen LogP contribution in [0.15, 0.2) is 29.2 Å². The Morgan fingerprint density at radius 3 is 2.78 bits per heavy atom. The zero-order valence-corrected chi connectivity index (χ0v) is 11.8. The van der Waals surface area contributed by atoms with Crippen molar-refractivity contribution in [1.29, 1.82) is 0 Å². The van der Waals surface area contributed by atoms with E-state index in [0.717, 1.165) is 19.4 Å². The smallest absolute Gasteiger partial charge is 0.238 e. The van der Waals surface area contributed by atoms with Crippen LogP contribution in [-0.4, -0.2) is 20.1 Å². The lowest BCUT2D eigenvalue weighted by molar-refractivity contribution is 0.598. The lowest BCUT2D eigenvalue weighted by Crippen LogP contribution is -2.29. The minimum atomic E-state index is -3.69. The summed E-state index contributed by atoms with van der Waals surface area (Å²) in [6.07, 6.45) is 2.11. The number of sulfonamides is 1. The van der Waals surface area contributed by atoms with E-state index in [0.29, 0.717) is 10.8 Å². The average molecular weight is 287 g/mol. The molecule has 0 radical (unpaired) electrons. The van der Waals surface area contributed by atoms with E-state index in [9.17, 15) is 8.42 Å². The SMILES string of the molecule is CCCCNC(=S)Nc1cccc(S(N)(=O)=O)c1. The van der Waals surface area contributed by atoms with Crippen LogP contribution in [0.25, 0.3) is 0 Å². The van der Waals surface area contributed by atoms with Crippen molar-refractivity contribution in [2.45, 2.75) is 24.7 Å². The molecule has 4 N–H and O–H groups in total. The van der Waals surface area contributed by atoms with E-state index in [1.54, 1.807) is 12.1 Å². The van der Waals surface area contributed by atoms with Crippen LogP contribution in [0.5, 0.6) is 0 Å². The van der Waals surface area contributed by atoms with Gasteiger partial charge in [-0.25, -0.2) is 13.6 Å². The van der Waals surface area contributed by atoms with E-state index in [2.05, 4.69) is 17.6 Å². The molecule has 18 heavy (non-hydrogen) atoms. The van der Waals surface area contributed by atoms with Gasteiger partial charge in [-0.05, 0) is 36.8 Å². The number of hydrogen-bond donors (Lipinski definition) is 3. The highest BCUT2D eigenvalue weighted by atomic mass is 32.2. The van der Waals surface area contributed by atoms with Gasteiger partial charge >= 0.3 is 0 Å². The number of anilines is 1. The normalized spacial score (nSPS) is 11.0. The molecule has 0 heterocycles. The lowest BCUT2D eigenvalue weighted by atomic mass is 10.3. The number of rotatable bonds is 5. The highest BCUT2D eigenvalue weighted by Gasteiger charge is 2.08. The van der Waals surface area contributed by atoms with E-state index >= 15 is 0 Å². The maximum absolute atomic E-state index is 11.2. The van der Waals surface area contributed by atoms with E-state index in [1.165, 1.54) is 12.1 Å². The van der Waals surface area contributed by atoms with Gasteiger partial charge in [-0.1, -0.05) is 19.4 Å². The van der Waals surface area contributed by atoms with Crippen LogP contribution < -0.4 is 15.8 Å². The third-order valence-corrected chi connectivity index (χ3v) is 3.39. The molecule has 0 spiro atoms. The third kappa shape index (κ3) is 4.99. The van der Waals surface area contributed by atoms with Gasteiger partial charge in [-0.3, -0.25) is 0 Å². The van der Waals surface area contributed by atoms with E-state index in [-0.39, 0.29) is 4.90 Å². The number of primary sulfonamides is 1. The molecule has 1 aromatic carbocycles. The van der Waals surface area contributed by atoms with Crippen molar-refractivity contribution in [3.05, 3.63) is 24.3 Å². The highest BCUT2D eigenvalue weighted by molar-refractivity contribution is 7.89. The number of nitrogens with one attached hydrogen (secondary N) is 2. The van der Waals surface area contributed by atoms with E-state index < -0.39 is 10.0 Å². The summed E-state index contributed by atoms with van der Waals surface area (Å²) in [5.41, 5.74) is 0.593. The van der Waals surface area contributed by atoms with Gasteiger partial charge in [0.1, 0.15) is 0 Å². The molecule has 1 aromatic rings. The molecule has 5 nitrogen and oxygen atoms in total. The predicted octanol–water partition coefficient (Wildman–Crippen LogP) is 1.42. The topological polar surface area (TPSA) is 84.2 Å². The van der Waals surface area contributed by atoms with Gasteiger partial charge in [0, 0.05) is 12.2 Å². The van der Waals surface area contributed by atoms with E-state index in [1.807, 2.05) is 0 Å². The zero-order chi connectivity index (χ0) is 13.6. The molecular weight excluding hydrogens is 270 g/mol. The van der Waals surface area contributed by atoms with Crippen molar-refractivity contribution in [3.63, 3.8) is 0 Å². The van der Waals surface area contributed by atoms with Crippen molar-refractivity contribution < 1.29 is 8.42 Å². The maximum atomic E-state index is 11.2. The van der Waals surface area contributed by atoms with Gasteiger partial charge in [-0.15, -0.1) is 0 Å². The number of thiocarbonyl (C=S) groups is 1. The first-order valence-corrected chi connectivity index (χ1v) is 7.56. The molecule has 0 saturated heterocycles. The van der Waals surface area contributed by atoms with Gasteiger partial charge in [0.05, 0.1) is 4.90 Å². The van der Waals surface area contributed by atoms with Gasteiger partial charge in [-0.2, -0.15) is 0 Å². The van der Waals surface area contributed by atoms with Gasteiger partial charge in [0.2, 0.25) is 10.0 Å². The second kappa shape index (κ2) is 6.67. The van der Waals surface area contributed by atoms with Crippen molar-refractivity contribution in [1.82, 2.24) is 5.32 Å². The Bertz CT molecular complexity index is 515. The monoisotopic (exact) mass is 287 g/mol. The molecule has 0 aliphatic rings. The van der Waals surface area contributed by atoms with Crippen molar-refractivity contribution in [2.24, 2.45) is 5.14 Å². The molecule has 0 saturated carbocycles. The first kappa shape index (κ1) is 14.9. The summed E-state index contributed by atoms with van der Waals surface area (Å²) in [5.74, 6) is 0. The Labute approximate surface area is 113 Å². The summed E-state index contributed by atoms with van der Waals surface area (Å²) in [7, 11) is -3.69. The summed E-state index contributed by atoms with van der Waals surface area (Å²) in [6.45, 7) is 2.88.